The number of carbonyl (C=O) groups excluding carboxylic acids is 2. The van der Waals surface area contributed by atoms with E-state index in [1.54, 1.807) is 47.4 Å². The SMILES string of the molecule is CN(C)S(=O)(=O)c1cccc(-c2ccc(N3CCC[C@@H](NC(=O)Nc4ccc(C(F)(F)F)cc4)C3=O)cc2)c1. The number of amides is 3. The minimum absolute atomic E-state index is 0.165. The highest BCUT2D eigenvalue weighted by Crippen LogP contribution is 2.30. The molecule has 206 valence electrons. The summed E-state index contributed by atoms with van der Waals surface area (Å²) in [6.45, 7) is 0.452. The first-order valence-electron chi connectivity index (χ1n) is 12.1. The highest BCUT2D eigenvalue weighted by atomic mass is 32.2. The van der Waals surface area contributed by atoms with E-state index in [0.29, 0.717) is 30.6 Å². The second-order valence-corrected chi connectivity index (χ2v) is 11.4. The third kappa shape index (κ3) is 6.40. The number of nitrogens with one attached hydrogen (secondary N) is 2. The van der Waals surface area contributed by atoms with Crippen LogP contribution in [0.15, 0.2) is 77.7 Å². The van der Waals surface area contributed by atoms with Crippen molar-refractivity contribution in [2.45, 2.75) is 30.0 Å². The third-order valence-electron chi connectivity index (χ3n) is 6.34. The van der Waals surface area contributed by atoms with Gasteiger partial charge in [0.2, 0.25) is 15.9 Å². The van der Waals surface area contributed by atoms with Gasteiger partial charge in [-0.2, -0.15) is 13.2 Å². The Labute approximate surface area is 224 Å². The van der Waals surface area contributed by atoms with Gasteiger partial charge in [-0.1, -0.05) is 24.3 Å². The summed E-state index contributed by atoms with van der Waals surface area (Å²) in [6, 6.07) is 16.2. The topological polar surface area (TPSA) is 98.8 Å². The van der Waals surface area contributed by atoms with Crippen LogP contribution in [0.2, 0.25) is 0 Å². The largest absolute Gasteiger partial charge is 0.416 e. The van der Waals surface area contributed by atoms with Crippen molar-refractivity contribution in [1.82, 2.24) is 9.62 Å². The fourth-order valence-electron chi connectivity index (χ4n) is 4.21. The fraction of sp³-hybridized carbons (Fsp3) is 0.259. The van der Waals surface area contributed by atoms with Crippen LogP contribution in [0.4, 0.5) is 29.3 Å². The summed E-state index contributed by atoms with van der Waals surface area (Å²) < 4.78 is 64.3. The first-order valence-corrected chi connectivity index (χ1v) is 13.5. The fourth-order valence-corrected chi connectivity index (χ4v) is 5.16. The molecular formula is C27H27F3N4O4S. The van der Waals surface area contributed by atoms with Gasteiger partial charge in [0.15, 0.2) is 0 Å². The van der Waals surface area contributed by atoms with Crippen LogP contribution in [0, 0.1) is 0 Å². The van der Waals surface area contributed by atoms with Crippen LogP contribution in [0.5, 0.6) is 0 Å². The molecule has 4 rings (SSSR count). The molecule has 39 heavy (non-hydrogen) atoms. The molecule has 0 radical (unpaired) electrons. The van der Waals surface area contributed by atoms with Crippen LogP contribution >= 0.6 is 0 Å². The van der Waals surface area contributed by atoms with Crippen LogP contribution in [-0.4, -0.2) is 51.3 Å². The van der Waals surface area contributed by atoms with Crippen molar-refractivity contribution in [2.24, 2.45) is 0 Å². The summed E-state index contributed by atoms with van der Waals surface area (Å²) in [4.78, 5) is 27.3. The second kappa shape index (κ2) is 11.1. The summed E-state index contributed by atoms with van der Waals surface area (Å²) in [5, 5.41) is 5.06. The van der Waals surface area contributed by atoms with E-state index in [2.05, 4.69) is 10.6 Å². The lowest BCUT2D eigenvalue weighted by molar-refractivity contribution is -0.137. The minimum Gasteiger partial charge on any atom is -0.326 e. The van der Waals surface area contributed by atoms with Crippen molar-refractivity contribution in [2.75, 3.05) is 30.9 Å². The van der Waals surface area contributed by atoms with Crippen molar-refractivity contribution < 1.29 is 31.2 Å². The molecule has 1 fully saturated rings. The van der Waals surface area contributed by atoms with Gasteiger partial charge in [0.05, 0.1) is 10.5 Å². The lowest BCUT2D eigenvalue weighted by Gasteiger charge is -2.32. The number of rotatable bonds is 6. The number of sulfonamides is 1. The number of alkyl halides is 3. The summed E-state index contributed by atoms with van der Waals surface area (Å²) in [6.07, 6.45) is -3.43. The van der Waals surface area contributed by atoms with Gasteiger partial charge in [0.1, 0.15) is 6.04 Å². The molecule has 1 saturated heterocycles. The molecule has 3 aromatic rings. The molecule has 0 bridgehead atoms. The molecule has 0 aliphatic carbocycles. The first-order chi connectivity index (χ1) is 18.4. The molecule has 0 aromatic heterocycles. The van der Waals surface area contributed by atoms with Gasteiger partial charge in [-0.3, -0.25) is 4.79 Å². The highest BCUT2D eigenvalue weighted by molar-refractivity contribution is 7.89. The third-order valence-corrected chi connectivity index (χ3v) is 8.15. The number of hydrogen-bond donors (Lipinski definition) is 2. The highest BCUT2D eigenvalue weighted by Gasteiger charge is 2.32. The van der Waals surface area contributed by atoms with Crippen LogP contribution in [0.3, 0.4) is 0 Å². The predicted octanol–water partition coefficient (Wildman–Crippen LogP) is 4.94. The molecule has 8 nitrogen and oxygen atoms in total. The van der Waals surface area contributed by atoms with Gasteiger partial charge in [-0.05, 0) is 72.5 Å². The quantitative estimate of drug-likeness (QED) is 0.446. The molecule has 0 spiro atoms. The Bertz CT molecular complexity index is 1460. The van der Waals surface area contributed by atoms with E-state index < -0.39 is 33.8 Å². The molecule has 1 atom stereocenters. The van der Waals surface area contributed by atoms with Crippen LogP contribution in [-0.2, 0) is 21.0 Å². The van der Waals surface area contributed by atoms with E-state index in [1.165, 1.54) is 20.2 Å². The van der Waals surface area contributed by atoms with Crippen molar-refractivity contribution >= 4 is 33.3 Å². The molecule has 3 aromatic carbocycles. The summed E-state index contributed by atoms with van der Waals surface area (Å²) in [5.41, 5.74) is 1.43. The predicted molar refractivity (Wildman–Crippen MR) is 142 cm³/mol. The monoisotopic (exact) mass is 560 g/mol. The molecular weight excluding hydrogens is 533 g/mol. The van der Waals surface area contributed by atoms with Gasteiger partial charge in [0.25, 0.3) is 0 Å². The Morgan fingerprint density at radius 2 is 1.64 bits per heavy atom. The number of urea groups is 1. The Balaban J connectivity index is 1.42. The molecule has 1 aliphatic heterocycles. The maximum Gasteiger partial charge on any atom is 0.416 e. The molecule has 1 heterocycles. The molecule has 12 heteroatoms. The van der Waals surface area contributed by atoms with Crippen LogP contribution in [0.1, 0.15) is 18.4 Å². The van der Waals surface area contributed by atoms with Crippen molar-refractivity contribution in [3.05, 3.63) is 78.4 Å². The molecule has 1 aliphatic rings. The summed E-state index contributed by atoms with van der Waals surface area (Å²) in [5.74, 6) is -0.310. The number of halogens is 3. The zero-order chi connectivity index (χ0) is 28.4. The van der Waals surface area contributed by atoms with Gasteiger partial charge < -0.3 is 15.5 Å². The number of benzene rings is 3. The van der Waals surface area contributed by atoms with E-state index in [4.69, 9.17) is 0 Å². The number of anilines is 2. The number of carbonyl (C=O) groups is 2. The zero-order valence-corrected chi connectivity index (χ0v) is 22.0. The molecule has 3 amide bonds. The Hall–Kier alpha value is -3.90. The smallest absolute Gasteiger partial charge is 0.326 e. The normalized spacial score (nSPS) is 16.3. The van der Waals surface area contributed by atoms with Gasteiger partial charge >= 0.3 is 12.2 Å². The van der Waals surface area contributed by atoms with Gasteiger partial charge in [0, 0.05) is 32.0 Å². The average Bonchev–Trinajstić information content (AvgIpc) is 2.90. The summed E-state index contributed by atoms with van der Waals surface area (Å²) in [7, 11) is -0.658. The van der Waals surface area contributed by atoms with Crippen molar-refractivity contribution in [3.8, 4) is 11.1 Å². The van der Waals surface area contributed by atoms with E-state index in [9.17, 15) is 31.2 Å². The van der Waals surface area contributed by atoms with E-state index in [1.807, 2.05) is 0 Å². The first kappa shape index (κ1) is 28.1. The standard InChI is InChI=1S/C27H27F3N4O4S/c1-33(2)39(37,38)23-6-3-5-19(17-23)18-8-14-22(15-9-18)34-16-4-7-24(25(34)35)32-26(36)31-21-12-10-20(11-13-21)27(28,29)30/h3,5-6,8-15,17,24H,4,7,16H2,1-2H3,(H2,31,32,36)/t24-/m1/s1. The number of nitrogens with zero attached hydrogens (tertiary/aromatic N) is 2. The Morgan fingerprint density at radius 3 is 2.26 bits per heavy atom. The van der Waals surface area contributed by atoms with E-state index >= 15 is 0 Å². The Morgan fingerprint density at radius 1 is 0.974 bits per heavy atom. The van der Waals surface area contributed by atoms with Crippen LogP contribution in [0.25, 0.3) is 11.1 Å². The van der Waals surface area contributed by atoms with Gasteiger partial charge in [-0.25, -0.2) is 17.5 Å². The number of hydrogen-bond acceptors (Lipinski definition) is 4. The maximum atomic E-state index is 13.1. The lowest BCUT2D eigenvalue weighted by atomic mass is 10.0. The van der Waals surface area contributed by atoms with Gasteiger partial charge in [-0.15, -0.1) is 0 Å². The number of piperidine rings is 1. The Kier molecular flexibility index (Phi) is 7.98. The van der Waals surface area contributed by atoms with Crippen molar-refractivity contribution in [3.63, 3.8) is 0 Å². The average molecular weight is 561 g/mol. The van der Waals surface area contributed by atoms with Crippen molar-refractivity contribution in [1.29, 1.82) is 0 Å². The maximum absolute atomic E-state index is 13.1. The van der Waals surface area contributed by atoms with E-state index in [-0.39, 0.29) is 16.5 Å². The zero-order valence-electron chi connectivity index (χ0n) is 21.2. The molecule has 0 unspecified atom stereocenters. The molecule has 2 N–H and O–H groups in total. The minimum atomic E-state index is -4.48. The lowest BCUT2D eigenvalue weighted by Crippen LogP contribution is -2.53. The van der Waals surface area contributed by atoms with Crippen LogP contribution < -0.4 is 15.5 Å². The second-order valence-electron chi connectivity index (χ2n) is 9.22. The summed E-state index contributed by atoms with van der Waals surface area (Å²) >= 11 is 0. The molecule has 0 saturated carbocycles. The van der Waals surface area contributed by atoms with E-state index in [0.717, 1.165) is 34.1 Å².